The lowest BCUT2D eigenvalue weighted by atomic mass is 10.1. The van der Waals surface area contributed by atoms with Gasteiger partial charge in [-0.15, -0.1) is 0 Å². The van der Waals surface area contributed by atoms with Gasteiger partial charge in [0.15, 0.2) is 6.10 Å². The molecule has 0 aliphatic rings. The van der Waals surface area contributed by atoms with E-state index in [9.17, 15) is 14.4 Å². The van der Waals surface area contributed by atoms with Gasteiger partial charge in [0.25, 0.3) is 0 Å². The molecule has 0 aromatic rings. The van der Waals surface area contributed by atoms with Gasteiger partial charge in [0, 0.05) is 19.3 Å². The number of rotatable bonds is 50. The summed E-state index contributed by atoms with van der Waals surface area (Å²) < 4.78 is 16.8. The molecule has 0 saturated carbocycles. The van der Waals surface area contributed by atoms with Crippen LogP contribution in [0.15, 0.2) is 146 Å². The molecule has 1 atom stereocenters. The van der Waals surface area contributed by atoms with E-state index < -0.39 is 6.10 Å². The molecule has 1 unspecified atom stereocenters. The minimum atomic E-state index is -0.815. The lowest BCUT2D eigenvalue weighted by Crippen LogP contribution is -2.30. The maximum atomic E-state index is 12.8. The van der Waals surface area contributed by atoms with Crippen LogP contribution in [0.1, 0.15) is 233 Å². The van der Waals surface area contributed by atoms with E-state index in [0.29, 0.717) is 25.7 Å². The van der Waals surface area contributed by atoms with Crippen LogP contribution in [-0.2, 0) is 28.6 Å². The van der Waals surface area contributed by atoms with Crippen molar-refractivity contribution in [2.45, 2.75) is 239 Å². The Hall–Kier alpha value is -4.71. The molecule has 0 aromatic carbocycles. The summed E-state index contributed by atoms with van der Waals surface area (Å²) in [5.41, 5.74) is 0. The Morgan fingerprint density at radius 2 is 0.542 bits per heavy atom. The topological polar surface area (TPSA) is 78.9 Å². The van der Waals surface area contributed by atoms with Gasteiger partial charge in [0.2, 0.25) is 0 Å². The molecule has 6 heteroatoms. The van der Waals surface area contributed by atoms with Gasteiger partial charge in [-0.25, -0.2) is 0 Å². The molecule has 0 amide bonds. The monoisotopic (exact) mass is 993 g/mol. The van der Waals surface area contributed by atoms with Gasteiger partial charge in [-0.3, -0.25) is 14.4 Å². The molecule has 0 spiro atoms. The molecule has 0 saturated heterocycles. The highest BCUT2D eigenvalue weighted by Crippen LogP contribution is 2.13. The lowest BCUT2D eigenvalue weighted by molar-refractivity contribution is -0.167. The van der Waals surface area contributed by atoms with E-state index in [1.165, 1.54) is 32.1 Å². The van der Waals surface area contributed by atoms with Gasteiger partial charge in [0.1, 0.15) is 13.2 Å². The average molecular weight is 994 g/mol. The predicted octanol–water partition coefficient (Wildman–Crippen LogP) is 19.6. The van der Waals surface area contributed by atoms with E-state index in [-0.39, 0.29) is 31.1 Å². The largest absolute Gasteiger partial charge is 0.462 e. The van der Waals surface area contributed by atoms with E-state index in [1.807, 2.05) is 0 Å². The fourth-order valence-electron chi connectivity index (χ4n) is 7.29. The maximum absolute atomic E-state index is 12.8. The summed E-state index contributed by atoms with van der Waals surface area (Å²) in [5.74, 6) is -0.988. The highest BCUT2D eigenvalue weighted by molar-refractivity contribution is 5.71. The van der Waals surface area contributed by atoms with Gasteiger partial charge in [-0.1, -0.05) is 218 Å². The van der Waals surface area contributed by atoms with Gasteiger partial charge in [-0.2, -0.15) is 0 Å². The quantitative estimate of drug-likeness (QED) is 0.0261. The van der Waals surface area contributed by atoms with Crippen molar-refractivity contribution < 1.29 is 28.6 Å². The maximum Gasteiger partial charge on any atom is 0.306 e. The van der Waals surface area contributed by atoms with Crippen LogP contribution in [0, 0.1) is 0 Å². The van der Waals surface area contributed by atoms with Crippen molar-refractivity contribution in [1.82, 2.24) is 0 Å². The van der Waals surface area contributed by atoms with Crippen LogP contribution in [0.2, 0.25) is 0 Å². The third-order valence-electron chi connectivity index (χ3n) is 11.6. The van der Waals surface area contributed by atoms with Crippen molar-refractivity contribution in [3.05, 3.63) is 146 Å². The fraction of sp³-hybridized carbons (Fsp3) is 0.591. The number of esters is 3. The standard InChI is InChI=1S/C66H104O6/c1-4-7-10-13-16-19-22-25-27-28-29-30-31-32-33-34-35-36-37-38-40-41-44-47-50-53-56-59-65(68)71-62-63(61-70-64(67)58-55-52-49-46-43-24-21-18-15-12-9-6-3)72-66(69)60-57-54-51-48-45-42-39-26-23-20-17-14-11-8-5-2/h7-8,10-11,16-21,25-27,29-30,32-33,35-36,38-40,44,47,63H,4-6,9,12-15,22-24,28,31,34,37,41-43,45-46,48-62H2,1-3H3/b10-7-,11-8-,19-16-,20-17-,21-18-,27-25-,30-29-,33-32-,36-35-,39-26-,40-38-,47-44-. The molecule has 404 valence electrons. The molecule has 0 aliphatic heterocycles. The predicted molar refractivity (Wildman–Crippen MR) is 311 cm³/mol. The highest BCUT2D eigenvalue weighted by Gasteiger charge is 2.19. The minimum Gasteiger partial charge on any atom is -0.462 e. The second kappa shape index (κ2) is 58.9. The van der Waals surface area contributed by atoms with Crippen molar-refractivity contribution in [2.24, 2.45) is 0 Å². The van der Waals surface area contributed by atoms with E-state index in [0.717, 1.165) is 154 Å². The van der Waals surface area contributed by atoms with Crippen LogP contribution >= 0.6 is 0 Å². The molecule has 0 bridgehead atoms. The summed E-state index contributed by atoms with van der Waals surface area (Å²) in [6.45, 7) is 6.31. The van der Waals surface area contributed by atoms with Crippen LogP contribution < -0.4 is 0 Å². The summed E-state index contributed by atoms with van der Waals surface area (Å²) >= 11 is 0. The number of unbranched alkanes of at least 4 members (excludes halogenated alkanes) is 15. The van der Waals surface area contributed by atoms with Crippen molar-refractivity contribution >= 4 is 17.9 Å². The van der Waals surface area contributed by atoms with Crippen LogP contribution in [0.4, 0.5) is 0 Å². The Bertz CT molecular complexity index is 1610. The first kappa shape index (κ1) is 67.3. The fourth-order valence-corrected chi connectivity index (χ4v) is 7.29. The molecule has 72 heavy (non-hydrogen) atoms. The third kappa shape index (κ3) is 56.2. The van der Waals surface area contributed by atoms with Crippen LogP contribution in [0.3, 0.4) is 0 Å². The van der Waals surface area contributed by atoms with Crippen molar-refractivity contribution in [3.63, 3.8) is 0 Å². The summed E-state index contributed by atoms with van der Waals surface area (Å²) in [5, 5.41) is 0. The Kier molecular flexibility index (Phi) is 55.0. The van der Waals surface area contributed by atoms with E-state index in [4.69, 9.17) is 14.2 Å². The Balaban J connectivity index is 4.45. The first-order valence-electron chi connectivity index (χ1n) is 28.8. The number of hydrogen-bond acceptors (Lipinski definition) is 6. The number of hydrogen-bond donors (Lipinski definition) is 0. The summed E-state index contributed by atoms with van der Waals surface area (Å²) in [4.78, 5) is 38.1. The number of allylic oxidation sites excluding steroid dienone is 24. The smallest absolute Gasteiger partial charge is 0.306 e. The van der Waals surface area contributed by atoms with Crippen LogP contribution in [0.5, 0.6) is 0 Å². The lowest BCUT2D eigenvalue weighted by Gasteiger charge is -2.18. The van der Waals surface area contributed by atoms with Crippen LogP contribution in [0.25, 0.3) is 0 Å². The molecule has 0 aromatic heterocycles. The third-order valence-corrected chi connectivity index (χ3v) is 11.6. The molecule has 0 rings (SSSR count). The molecule has 0 aliphatic carbocycles. The van der Waals surface area contributed by atoms with E-state index >= 15 is 0 Å². The summed E-state index contributed by atoms with van der Waals surface area (Å²) in [6, 6.07) is 0. The van der Waals surface area contributed by atoms with Crippen molar-refractivity contribution in [3.8, 4) is 0 Å². The van der Waals surface area contributed by atoms with Gasteiger partial charge in [0.05, 0.1) is 0 Å². The van der Waals surface area contributed by atoms with Crippen LogP contribution in [-0.4, -0.2) is 37.2 Å². The first-order valence-corrected chi connectivity index (χ1v) is 28.8. The molecular formula is C66H104O6. The molecular weight excluding hydrogens is 889 g/mol. The zero-order valence-electron chi connectivity index (χ0n) is 46.1. The van der Waals surface area contributed by atoms with Crippen molar-refractivity contribution in [2.75, 3.05) is 13.2 Å². The minimum absolute atomic E-state index is 0.109. The van der Waals surface area contributed by atoms with Gasteiger partial charge in [-0.05, 0) is 141 Å². The zero-order valence-corrected chi connectivity index (χ0v) is 46.1. The van der Waals surface area contributed by atoms with E-state index in [2.05, 4.69) is 167 Å². The highest BCUT2D eigenvalue weighted by atomic mass is 16.6. The van der Waals surface area contributed by atoms with Crippen molar-refractivity contribution in [1.29, 1.82) is 0 Å². The number of carbonyl (C=O) groups is 3. The van der Waals surface area contributed by atoms with Gasteiger partial charge >= 0.3 is 17.9 Å². The Morgan fingerprint density at radius 3 is 0.889 bits per heavy atom. The summed E-state index contributed by atoms with van der Waals surface area (Å²) in [6.07, 6.45) is 84.1. The second-order valence-electron chi connectivity index (χ2n) is 18.4. The van der Waals surface area contributed by atoms with E-state index in [1.54, 1.807) is 0 Å². The Labute approximate surface area is 442 Å². The first-order chi connectivity index (χ1) is 35.5. The normalized spacial score (nSPS) is 13.2. The Morgan fingerprint density at radius 1 is 0.292 bits per heavy atom. The average Bonchev–Trinajstić information content (AvgIpc) is 3.38. The SMILES string of the molecule is CC/C=C\C/C=C\C/C=C\C/C=C\C/C=C\C/C=C\C/C=C\C/C=C\CCCCC(=O)OCC(COC(=O)CCCCCCC/C=C\CCCCC)OC(=O)CCCCCCC/C=C\C/C=C\C/C=C\CC. The molecule has 0 fully saturated rings. The zero-order chi connectivity index (χ0) is 52.2. The number of carbonyl (C=O) groups excluding carboxylic acids is 3. The molecule has 0 radical (unpaired) electrons. The van der Waals surface area contributed by atoms with Gasteiger partial charge < -0.3 is 14.2 Å². The molecule has 0 heterocycles. The second-order valence-corrected chi connectivity index (χ2v) is 18.4. The summed E-state index contributed by atoms with van der Waals surface area (Å²) in [7, 11) is 0. The number of ether oxygens (including phenoxy) is 3. The molecule has 6 nitrogen and oxygen atoms in total. The molecule has 0 N–H and O–H groups in total.